The number of aliphatic hydroxyl groups is 1. The van der Waals surface area contributed by atoms with Crippen LogP contribution in [0.4, 0.5) is 0 Å². The highest BCUT2D eigenvalue weighted by molar-refractivity contribution is 6.06. The third-order valence-electron chi connectivity index (χ3n) is 6.27. The summed E-state index contributed by atoms with van der Waals surface area (Å²) in [6, 6.07) is 7.15. The number of benzene rings is 2. The number of fused-ring (bicyclic) bond motifs is 6. The molecule has 7 heteroatoms. The molecule has 0 aromatic heterocycles. The van der Waals surface area contributed by atoms with Gasteiger partial charge >= 0.3 is 0 Å². The summed E-state index contributed by atoms with van der Waals surface area (Å²) in [6.07, 6.45) is 0.0392. The maximum Gasteiger partial charge on any atom is 0.178 e. The molecule has 2 aromatic rings. The Bertz CT molecular complexity index is 1020. The van der Waals surface area contributed by atoms with Gasteiger partial charge < -0.3 is 28.8 Å². The Morgan fingerprint density at radius 1 is 1.13 bits per heavy atom. The van der Waals surface area contributed by atoms with Gasteiger partial charge in [-0.1, -0.05) is 6.92 Å². The molecule has 0 saturated carbocycles. The largest absolute Gasteiger partial charge is 0.493 e. The number of hydrogen-bond acceptors (Lipinski definition) is 7. The summed E-state index contributed by atoms with van der Waals surface area (Å²) >= 11 is 0. The van der Waals surface area contributed by atoms with E-state index >= 15 is 0 Å². The lowest BCUT2D eigenvalue weighted by atomic mass is 9.81. The average molecular weight is 412 g/mol. The van der Waals surface area contributed by atoms with Gasteiger partial charge in [0.2, 0.25) is 0 Å². The number of ether oxygens (including phenoxy) is 5. The van der Waals surface area contributed by atoms with E-state index < -0.39 is 12.0 Å². The van der Waals surface area contributed by atoms with Crippen LogP contribution >= 0.6 is 0 Å². The molecule has 0 radical (unpaired) electrons. The molecule has 0 bridgehead atoms. The van der Waals surface area contributed by atoms with Gasteiger partial charge in [-0.15, -0.1) is 0 Å². The highest BCUT2D eigenvalue weighted by Gasteiger charge is 2.45. The van der Waals surface area contributed by atoms with E-state index in [1.807, 2.05) is 13.0 Å². The van der Waals surface area contributed by atoms with E-state index in [2.05, 4.69) is 0 Å². The van der Waals surface area contributed by atoms with Gasteiger partial charge in [0.25, 0.3) is 0 Å². The lowest BCUT2D eigenvalue weighted by Crippen LogP contribution is -2.43. The number of ketones is 1. The maximum absolute atomic E-state index is 13.6. The van der Waals surface area contributed by atoms with Crippen LogP contribution in [0.3, 0.4) is 0 Å². The van der Waals surface area contributed by atoms with E-state index in [0.717, 1.165) is 11.1 Å². The van der Waals surface area contributed by atoms with Crippen molar-refractivity contribution >= 4 is 5.78 Å². The second-order valence-electron chi connectivity index (χ2n) is 7.99. The lowest BCUT2D eigenvalue weighted by Gasteiger charge is -2.37. The van der Waals surface area contributed by atoms with Crippen LogP contribution < -0.4 is 23.7 Å². The van der Waals surface area contributed by atoms with Crippen molar-refractivity contribution in [3.8, 4) is 28.7 Å². The van der Waals surface area contributed by atoms with Crippen molar-refractivity contribution in [3.05, 3.63) is 41.0 Å². The van der Waals surface area contributed by atoms with Crippen molar-refractivity contribution in [1.82, 2.24) is 0 Å². The molecule has 0 aliphatic carbocycles. The van der Waals surface area contributed by atoms with Gasteiger partial charge in [-0.25, -0.2) is 0 Å². The van der Waals surface area contributed by atoms with Crippen molar-refractivity contribution < 1.29 is 33.6 Å². The van der Waals surface area contributed by atoms with Crippen LogP contribution in [-0.4, -0.2) is 50.5 Å². The first-order valence-electron chi connectivity index (χ1n) is 10.1. The minimum absolute atomic E-state index is 0.000485. The first-order chi connectivity index (χ1) is 14.5. The summed E-state index contributed by atoms with van der Waals surface area (Å²) in [4.78, 5) is 13.6. The van der Waals surface area contributed by atoms with E-state index in [1.165, 1.54) is 0 Å². The zero-order chi connectivity index (χ0) is 21.0. The van der Waals surface area contributed by atoms with Gasteiger partial charge in [-0.3, -0.25) is 4.79 Å². The predicted octanol–water partition coefficient (Wildman–Crippen LogP) is 2.76. The summed E-state index contributed by atoms with van der Waals surface area (Å²) < 4.78 is 29.0. The molecule has 158 valence electrons. The Kier molecular flexibility index (Phi) is 4.50. The van der Waals surface area contributed by atoms with Crippen LogP contribution in [0.5, 0.6) is 28.7 Å². The lowest BCUT2D eigenvalue weighted by molar-refractivity contribution is 0.0554. The molecule has 3 aliphatic heterocycles. The van der Waals surface area contributed by atoms with Crippen molar-refractivity contribution in [1.29, 1.82) is 0 Å². The van der Waals surface area contributed by atoms with E-state index in [9.17, 15) is 9.90 Å². The second-order valence-corrected chi connectivity index (χ2v) is 7.99. The number of carbonyl (C=O) groups is 1. The highest BCUT2D eigenvalue weighted by Crippen LogP contribution is 2.49. The summed E-state index contributed by atoms with van der Waals surface area (Å²) in [5.41, 5.74) is 2.18. The molecule has 3 aliphatic rings. The third-order valence-corrected chi connectivity index (χ3v) is 6.27. The van der Waals surface area contributed by atoms with E-state index in [4.69, 9.17) is 23.7 Å². The molecule has 4 atom stereocenters. The third kappa shape index (κ3) is 2.72. The molecule has 3 heterocycles. The van der Waals surface area contributed by atoms with Gasteiger partial charge in [0.1, 0.15) is 36.1 Å². The van der Waals surface area contributed by atoms with Crippen LogP contribution in [0.25, 0.3) is 0 Å². The fourth-order valence-corrected chi connectivity index (χ4v) is 4.53. The Labute approximate surface area is 174 Å². The first-order valence-corrected chi connectivity index (χ1v) is 10.1. The molecular formula is C23H24O7. The minimum atomic E-state index is -0.478. The van der Waals surface area contributed by atoms with Crippen LogP contribution in [0.2, 0.25) is 0 Å². The standard InChI is InChI=1S/C23H24O7/c1-11(9-24)16-7-14-15(29-16)5-4-12-22(25)21-13-6-18(26-2)19(27-3)8-17(13)28-10-20(21)30-23(12)14/h4-6,8,11,16,20-21,24H,7,9-10H2,1-3H3/t11?,16-,20-,21+/m1/s1. The summed E-state index contributed by atoms with van der Waals surface area (Å²) in [5.74, 6) is 2.52. The Morgan fingerprint density at radius 2 is 1.90 bits per heavy atom. The molecule has 0 saturated heterocycles. The van der Waals surface area contributed by atoms with Gasteiger partial charge in [0, 0.05) is 36.1 Å². The fraction of sp³-hybridized carbons (Fsp3) is 0.435. The molecule has 0 amide bonds. The van der Waals surface area contributed by atoms with E-state index in [1.54, 1.807) is 32.4 Å². The van der Waals surface area contributed by atoms with Crippen molar-refractivity contribution in [2.24, 2.45) is 5.92 Å². The van der Waals surface area contributed by atoms with Crippen molar-refractivity contribution in [3.63, 3.8) is 0 Å². The first kappa shape index (κ1) is 19.1. The number of Topliss-reactive ketones (excluding diaryl/α,β-unsaturated/α-hetero) is 1. The quantitative estimate of drug-likeness (QED) is 0.827. The number of hydrogen-bond donors (Lipinski definition) is 1. The minimum Gasteiger partial charge on any atom is -0.493 e. The summed E-state index contributed by atoms with van der Waals surface area (Å²) in [6.45, 7) is 2.25. The number of rotatable bonds is 4. The average Bonchev–Trinajstić information content (AvgIpc) is 3.22. The zero-order valence-electron chi connectivity index (χ0n) is 17.1. The number of methoxy groups -OCH3 is 2. The van der Waals surface area contributed by atoms with Crippen LogP contribution in [0, 0.1) is 5.92 Å². The second kappa shape index (κ2) is 7.09. The van der Waals surface area contributed by atoms with Crippen LogP contribution in [-0.2, 0) is 6.42 Å². The molecular weight excluding hydrogens is 388 g/mol. The highest BCUT2D eigenvalue weighted by atomic mass is 16.5. The van der Waals surface area contributed by atoms with Gasteiger partial charge in [0.15, 0.2) is 17.3 Å². The number of carbonyl (C=O) groups excluding carboxylic acids is 1. The molecule has 1 unspecified atom stereocenters. The summed E-state index contributed by atoms with van der Waals surface area (Å²) in [5, 5.41) is 9.48. The molecule has 30 heavy (non-hydrogen) atoms. The molecule has 2 aromatic carbocycles. The van der Waals surface area contributed by atoms with Crippen molar-refractivity contribution in [2.75, 3.05) is 27.4 Å². The Balaban J connectivity index is 1.55. The van der Waals surface area contributed by atoms with E-state index in [-0.39, 0.29) is 31.0 Å². The van der Waals surface area contributed by atoms with Crippen LogP contribution in [0.15, 0.2) is 24.3 Å². The maximum atomic E-state index is 13.6. The van der Waals surface area contributed by atoms with Gasteiger partial charge in [-0.2, -0.15) is 0 Å². The number of aliphatic hydroxyl groups excluding tert-OH is 1. The van der Waals surface area contributed by atoms with Crippen LogP contribution in [0.1, 0.15) is 34.3 Å². The monoisotopic (exact) mass is 412 g/mol. The fourth-order valence-electron chi connectivity index (χ4n) is 4.53. The molecule has 1 N–H and O–H groups in total. The molecule has 5 rings (SSSR count). The Hall–Kier alpha value is -2.93. The van der Waals surface area contributed by atoms with Crippen molar-refractivity contribution in [2.45, 2.75) is 31.5 Å². The zero-order valence-corrected chi connectivity index (χ0v) is 17.1. The molecule has 0 spiro atoms. The Morgan fingerprint density at radius 3 is 2.63 bits per heavy atom. The normalized spacial score (nSPS) is 24.3. The van der Waals surface area contributed by atoms with E-state index in [0.29, 0.717) is 40.7 Å². The smallest absolute Gasteiger partial charge is 0.178 e. The summed E-state index contributed by atoms with van der Waals surface area (Å²) in [7, 11) is 3.13. The SMILES string of the molecule is COc1cc2c(cc1OC)[C@@H]1C(=O)c3ccc4c(c3O[C@@H]1CO2)C[C@H](C(C)CO)O4. The predicted molar refractivity (Wildman–Crippen MR) is 107 cm³/mol. The van der Waals surface area contributed by atoms with Gasteiger partial charge in [-0.05, 0) is 18.2 Å². The molecule has 0 fully saturated rings. The van der Waals surface area contributed by atoms with Gasteiger partial charge in [0.05, 0.1) is 25.7 Å². The molecule has 7 nitrogen and oxygen atoms in total. The topological polar surface area (TPSA) is 83.5 Å².